The van der Waals surface area contributed by atoms with Crippen LogP contribution in [0.25, 0.3) is 0 Å². The second kappa shape index (κ2) is 4.76. The van der Waals surface area contributed by atoms with Gasteiger partial charge in [-0.25, -0.2) is 4.79 Å². The van der Waals surface area contributed by atoms with Gasteiger partial charge in [0.05, 0.1) is 6.04 Å². The fourth-order valence-electron chi connectivity index (χ4n) is 2.04. The Bertz CT molecular complexity index is 681. The summed E-state index contributed by atoms with van der Waals surface area (Å²) in [4.78, 5) is 22.6. The largest absolute Gasteiger partial charge is 0.477 e. The highest BCUT2D eigenvalue weighted by atomic mass is 16.4. The molecule has 0 bridgehead atoms. The first-order valence-corrected chi connectivity index (χ1v) is 5.92. The van der Waals surface area contributed by atoms with Crippen LogP contribution in [-0.4, -0.2) is 15.6 Å². The van der Waals surface area contributed by atoms with E-state index in [0.717, 1.165) is 11.5 Å². The maximum absolute atomic E-state index is 11.6. The van der Waals surface area contributed by atoms with E-state index in [1.54, 1.807) is 11.5 Å². The van der Waals surface area contributed by atoms with Gasteiger partial charge in [-0.1, -0.05) is 0 Å². The lowest BCUT2D eigenvalue weighted by atomic mass is 10.2. The van der Waals surface area contributed by atoms with E-state index in [0.29, 0.717) is 5.69 Å². The number of hydrogen-bond donors (Lipinski definition) is 1. The minimum absolute atomic E-state index is 0.174. The van der Waals surface area contributed by atoms with Crippen molar-refractivity contribution < 1.29 is 14.3 Å². The molecule has 0 saturated carbocycles. The van der Waals surface area contributed by atoms with E-state index in [1.807, 2.05) is 26.0 Å². The van der Waals surface area contributed by atoms with Crippen molar-refractivity contribution in [2.75, 3.05) is 0 Å². The molecule has 1 unspecified atom stereocenters. The van der Waals surface area contributed by atoms with Gasteiger partial charge >= 0.3 is 5.97 Å². The number of nitrogens with zero attached hydrogens (tertiary/aromatic N) is 1. The predicted molar refractivity (Wildman–Crippen MR) is 69.7 cm³/mol. The summed E-state index contributed by atoms with van der Waals surface area (Å²) in [7, 11) is 0. The summed E-state index contributed by atoms with van der Waals surface area (Å²) >= 11 is 0. The molecule has 2 heterocycles. The number of pyridine rings is 1. The molecule has 0 aliphatic rings. The van der Waals surface area contributed by atoms with Crippen LogP contribution in [0.5, 0.6) is 0 Å². The molecule has 5 heteroatoms. The highest BCUT2D eigenvalue weighted by Crippen LogP contribution is 2.21. The Labute approximate surface area is 110 Å². The number of hydrogen-bond acceptors (Lipinski definition) is 3. The normalized spacial score (nSPS) is 12.4. The molecule has 0 aromatic carbocycles. The quantitative estimate of drug-likeness (QED) is 0.920. The first-order chi connectivity index (χ1) is 8.90. The van der Waals surface area contributed by atoms with Crippen LogP contribution in [0.3, 0.4) is 0 Å². The molecule has 0 fully saturated rings. The number of aryl methyl sites for hydroxylation is 2. The third-order valence-electron chi connectivity index (χ3n) is 3.10. The van der Waals surface area contributed by atoms with Gasteiger partial charge in [-0.15, -0.1) is 0 Å². The van der Waals surface area contributed by atoms with Crippen molar-refractivity contribution in [3.8, 4) is 0 Å². The zero-order chi connectivity index (χ0) is 14.2. The van der Waals surface area contributed by atoms with Gasteiger partial charge in [-0.3, -0.25) is 4.79 Å². The fourth-order valence-corrected chi connectivity index (χ4v) is 2.04. The highest BCUT2D eigenvalue weighted by Gasteiger charge is 2.16. The van der Waals surface area contributed by atoms with Gasteiger partial charge in [0, 0.05) is 18.0 Å². The molecule has 19 heavy (non-hydrogen) atoms. The van der Waals surface area contributed by atoms with E-state index < -0.39 is 11.4 Å². The smallest absolute Gasteiger partial charge is 0.341 e. The zero-order valence-electron chi connectivity index (χ0n) is 11.0. The van der Waals surface area contributed by atoms with Gasteiger partial charge in [0.2, 0.25) is 0 Å². The van der Waals surface area contributed by atoms with Crippen molar-refractivity contribution in [1.82, 2.24) is 4.57 Å². The SMILES string of the molecule is Cc1ccc(C(C)n2cc(C(=O)O)c(=O)cc2C)o1. The fraction of sp³-hybridized carbons (Fsp3) is 0.286. The number of aromatic carboxylic acids is 1. The summed E-state index contributed by atoms with van der Waals surface area (Å²) < 4.78 is 7.26. The second-order valence-electron chi connectivity index (χ2n) is 4.53. The lowest BCUT2D eigenvalue weighted by molar-refractivity contribution is 0.0694. The molecule has 2 rings (SSSR count). The summed E-state index contributed by atoms with van der Waals surface area (Å²) in [6, 6.07) is 4.85. The molecule has 0 saturated heterocycles. The van der Waals surface area contributed by atoms with E-state index in [4.69, 9.17) is 9.52 Å². The van der Waals surface area contributed by atoms with Gasteiger partial charge in [-0.2, -0.15) is 0 Å². The average molecular weight is 261 g/mol. The van der Waals surface area contributed by atoms with Gasteiger partial charge in [0.25, 0.3) is 0 Å². The van der Waals surface area contributed by atoms with E-state index in [2.05, 4.69) is 0 Å². The highest BCUT2D eigenvalue weighted by molar-refractivity contribution is 5.87. The molecule has 0 aliphatic heterocycles. The maximum atomic E-state index is 11.6. The van der Waals surface area contributed by atoms with Gasteiger partial charge < -0.3 is 14.1 Å². The van der Waals surface area contributed by atoms with Crippen LogP contribution in [0.4, 0.5) is 0 Å². The van der Waals surface area contributed by atoms with Crippen molar-refractivity contribution >= 4 is 5.97 Å². The number of rotatable bonds is 3. The number of carbonyl (C=O) groups is 1. The monoisotopic (exact) mass is 261 g/mol. The van der Waals surface area contributed by atoms with Gasteiger partial charge in [0.15, 0.2) is 5.43 Å². The van der Waals surface area contributed by atoms with E-state index in [-0.39, 0.29) is 11.6 Å². The molecule has 2 aromatic heterocycles. The lowest BCUT2D eigenvalue weighted by Crippen LogP contribution is -2.20. The van der Waals surface area contributed by atoms with Crippen LogP contribution in [0.1, 0.15) is 40.5 Å². The summed E-state index contributed by atoms with van der Waals surface area (Å²) in [5.74, 6) is 0.293. The Morgan fingerprint density at radius 1 is 1.37 bits per heavy atom. The second-order valence-corrected chi connectivity index (χ2v) is 4.53. The van der Waals surface area contributed by atoms with Crippen molar-refractivity contribution in [3.63, 3.8) is 0 Å². The Kier molecular flexibility index (Phi) is 3.29. The van der Waals surface area contributed by atoms with Crippen molar-refractivity contribution in [2.24, 2.45) is 0 Å². The molecular weight excluding hydrogens is 246 g/mol. The van der Waals surface area contributed by atoms with E-state index in [1.165, 1.54) is 12.3 Å². The molecule has 5 nitrogen and oxygen atoms in total. The molecule has 0 amide bonds. The molecule has 1 atom stereocenters. The topological polar surface area (TPSA) is 72.4 Å². The Balaban J connectivity index is 2.53. The summed E-state index contributed by atoms with van der Waals surface area (Å²) in [6.07, 6.45) is 1.36. The predicted octanol–water partition coefficient (Wildman–Crippen LogP) is 2.37. The van der Waals surface area contributed by atoms with Crippen LogP contribution in [0.15, 0.2) is 33.6 Å². The molecular formula is C14H15NO4. The Hall–Kier alpha value is -2.30. The average Bonchev–Trinajstić information content (AvgIpc) is 2.74. The van der Waals surface area contributed by atoms with Crippen LogP contribution in [0.2, 0.25) is 0 Å². The number of carboxylic acid groups (broad SMARTS) is 1. The molecule has 0 spiro atoms. The number of furan rings is 1. The van der Waals surface area contributed by atoms with Gasteiger partial charge in [0.1, 0.15) is 17.1 Å². The molecule has 0 radical (unpaired) electrons. The van der Waals surface area contributed by atoms with Crippen LogP contribution < -0.4 is 5.43 Å². The van der Waals surface area contributed by atoms with Crippen LogP contribution in [-0.2, 0) is 0 Å². The van der Waals surface area contributed by atoms with Crippen molar-refractivity contribution in [3.05, 3.63) is 57.4 Å². The van der Waals surface area contributed by atoms with Crippen molar-refractivity contribution in [2.45, 2.75) is 26.8 Å². The maximum Gasteiger partial charge on any atom is 0.341 e. The first-order valence-electron chi connectivity index (χ1n) is 5.92. The summed E-state index contributed by atoms with van der Waals surface area (Å²) in [6.45, 7) is 5.50. The molecule has 0 aliphatic carbocycles. The Morgan fingerprint density at radius 3 is 2.58 bits per heavy atom. The summed E-state index contributed by atoms with van der Waals surface area (Å²) in [5, 5.41) is 9.00. The van der Waals surface area contributed by atoms with E-state index in [9.17, 15) is 9.59 Å². The minimum Gasteiger partial charge on any atom is -0.477 e. The molecule has 100 valence electrons. The standard InChI is InChI=1S/C14H15NO4/c1-8-6-12(16)11(14(17)18)7-15(8)10(3)13-5-4-9(2)19-13/h4-7,10H,1-3H3,(H,17,18). The number of carboxylic acids is 1. The third kappa shape index (κ3) is 2.45. The summed E-state index contributed by atoms with van der Waals surface area (Å²) in [5.41, 5.74) is -0.0265. The van der Waals surface area contributed by atoms with Crippen LogP contribution in [0, 0.1) is 13.8 Å². The molecule has 1 N–H and O–H groups in total. The minimum atomic E-state index is -1.22. The number of aromatic nitrogens is 1. The Morgan fingerprint density at radius 2 is 2.05 bits per heavy atom. The zero-order valence-corrected chi connectivity index (χ0v) is 11.0. The van der Waals surface area contributed by atoms with Gasteiger partial charge in [-0.05, 0) is 32.9 Å². The lowest BCUT2D eigenvalue weighted by Gasteiger charge is -2.17. The van der Waals surface area contributed by atoms with Crippen LogP contribution >= 0.6 is 0 Å². The first kappa shape index (κ1) is 13.1. The molecule has 2 aromatic rings. The van der Waals surface area contributed by atoms with E-state index >= 15 is 0 Å². The third-order valence-corrected chi connectivity index (χ3v) is 3.10. The van der Waals surface area contributed by atoms with Crippen molar-refractivity contribution in [1.29, 1.82) is 0 Å².